The van der Waals surface area contributed by atoms with Gasteiger partial charge in [0, 0.05) is 30.4 Å². The molecule has 0 bridgehead atoms. The highest BCUT2D eigenvalue weighted by Gasteiger charge is 2.20. The Balaban J connectivity index is 1.84. The number of ether oxygens (including phenoxy) is 2. The molecule has 3 aromatic carbocycles. The minimum Gasteiger partial charge on any atom is -0.497 e. The third-order valence-electron chi connectivity index (χ3n) is 4.90. The standard InChI is InChI=1S/C23H23N5O4S/c1-31-17-11-16(12-18(13-17)32-2)25-22-23(28-33(29,30)19-8-4-3-5-9-19)26-20-10-6-7-15(14-24)21(20)27-22/h3-13H,14,24H2,1-2H3,(H,25,27)(H,26,28). The molecule has 0 aliphatic rings. The molecule has 0 unspecified atom stereocenters. The number of aromatic nitrogens is 2. The van der Waals surface area contributed by atoms with E-state index >= 15 is 0 Å². The van der Waals surface area contributed by atoms with Crippen molar-refractivity contribution in [1.29, 1.82) is 0 Å². The van der Waals surface area contributed by atoms with Gasteiger partial charge in [0.15, 0.2) is 11.6 Å². The van der Waals surface area contributed by atoms with Crippen LogP contribution in [0.3, 0.4) is 0 Å². The zero-order chi connectivity index (χ0) is 23.4. The van der Waals surface area contributed by atoms with Gasteiger partial charge in [-0.3, -0.25) is 4.72 Å². The highest BCUT2D eigenvalue weighted by molar-refractivity contribution is 7.92. The maximum atomic E-state index is 13.0. The first-order valence-corrected chi connectivity index (χ1v) is 11.5. The van der Waals surface area contributed by atoms with Crippen LogP contribution in [0.1, 0.15) is 5.56 Å². The minimum atomic E-state index is -3.90. The highest BCUT2D eigenvalue weighted by Crippen LogP contribution is 2.32. The normalized spacial score (nSPS) is 11.2. The lowest BCUT2D eigenvalue weighted by Gasteiger charge is -2.16. The lowest BCUT2D eigenvalue weighted by atomic mass is 10.2. The number of sulfonamides is 1. The van der Waals surface area contributed by atoms with E-state index in [4.69, 9.17) is 15.2 Å². The molecular formula is C23H23N5O4S. The Kier molecular flexibility index (Phi) is 6.29. The molecule has 170 valence electrons. The first-order chi connectivity index (χ1) is 15.9. The van der Waals surface area contributed by atoms with Crippen LogP contribution in [0, 0.1) is 0 Å². The summed E-state index contributed by atoms with van der Waals surface area (Å²) in [6.07, 6.45) is 0. The molecule has 0 atom stereocenters. The van der Waals surface area contributed by atoms with Gasteiger partial charge in [0.05, 0.1) is 30.1 Å². The summed E-state index contributed by atoms with van der Waals surface area (Å²) >= 11 is 0. The first kappa shape index (κ1) is 22.3. The number of para-hydroxylation sites is 1. The second-order valence-corrected chi connectivity index (χ2v) is 8.74. The van der Waals surface area contributed by atoms with Gasteiger partial charge in [0.25, 0.3) is 10.0 Å². The number of anilines is 3. The number of nitrogens with one attached hydrogen (secondary N) is 2. The zero-order valence-corrected chi connectivity index (χ0v) is 18.9. The van der Waals surface area contributed by atoms with Crippen LogP contribution in [0.4, 0.5) is 17.3 Å². The molecule has 0 spiro atoms. The summed E-state index contributed by atoms with van der Waals surface area (Å²) in [4.78, 5) is 9.32. The maximum absolute atomic E-state index is 13.0. The van der Waals surface area contributed by atoms with Crippen molar-refractivity contribution in [3.05, 3.63) is 72.3 Å². The van der Waals surface area contributed by atoms with E-state index in [9.17, 15) is 8.42 Å². The topological polar surface area (TPSA) is 128 Å². The molecule has 33 heavy (non-hydrogen) atoms. The van der Waals surface area contributed by atoms with E-state index in [1.165, 1.54) is 12.1 Å². The second kappa shape index (κ2) is 9.31. The minimum absolute atomic E-state index is 0.0438. The number of hydrogen-bond donors (Lipinski definition) is 3. The van der Waals surface area contributed by atoms with Crippen molar-refractivity contribution in [3.63, 3.8) is 0 Å². The van der Waals surface area contributed by atoms with Crippen LogP contribution >= 0.6 is 0 Å². The Bertz CT molecular complexity index is 1370. The molecule has 4 rings (SSSR count). The Hall–Kier alpha value is -3.89. The van der Waals surface area contributed by atoms with Crippen molar-refractivity contribution in [3.8, 4) is 11.5 Å². The van der Waals surface area contributed by atoms with Crippen molar-refractivity contribution in [2.75, 3.05) is 24.3 Å². The molecular weight excluding hydrogens is 442 g/mol. The van der Waals surface area contributed by atoms with Gasteiger partial charge in [-0.2, -0.15) is 0 Å². The van der Waals surface area contributed by atoms with Gasteiger partial charge >= 0.3 is 0 Å². The Morgan fingerprint density at radius 1 is 0.879 bits per heavy atom. The Labute approximate surface area is 191 Å². The van der Waals surface area contributed by atoms with E-state index in [2.05, 4.69) is 20.0 Å². The largest absolute Gasteiger partial charge is 0.497 e. The second-order valence-electron chi connectivity index (χ2n) is 7.05. The average molecular weight is 466 g/mol. The smallest absolute Gasteiger partial charge is 0.263 e. The summed E-state index contributed by atoms with van der Waals surface area (Å²) in [5, 5.41) is 3.14. The van der Waals surface area contributed by atoms with Crippen molar-refractivity contribution in [1.82, 2.24) is 9.97 Å². The van der Waals surface area contributed by atoms with Crippen LogP contribution in [0.2, 0.25) is 0 Å². The molecule has 0 amide bonds. The van der Waals surface area contributed by atoms with Gasteiger partial charge in [-0.15, -0.1) is 0 Å². The molecule has 10 heteroatoms. The predicted octanol–water partition coefficient (Wildman–Crippen LogP) is 3.65. The van der Waals surface area contributed by atoms with Crippen molar-refractivity contribution in [2.45, 2.75) is 11.4 Å². The van der Waals surface area contributed by atoms with E-state index in [0.29, 0.717) is 28.2 Å². The van der Waals surface area contributed by atoms with Crippen LogP contribution < -0.4 is 25.2 Å². The number of hydrogen-bond acceptors (Lipinski definition) is 8. The zero-order valence-electron chi connectivity index (χ0n) is 18.1. The average Bonchev–Trinajstić information content (AvgIpc) is 2.84. The number of nitrogens with two attached hydrogens (primary N) is 1. The summed E-state index contributed by atoms with van der Waals surface area (Å²) in [6, 6.07) is 18.6. The summed E-state index contributed by atoms with van der Waals surface area (Å²) in [6.45, 7) is 0.257. The van der Waals surface area contributed by atoms with E-state index < -0.39 is 10.0 Å². The van der Waals surface area contributed by atoms with Crippen LogP contribution in [-0.4, -0.2) is 32.6 Å². The first-order valence-electron chi connectivity index (χ1n) is 10.0. The summed E-state index contributed by atoms with van der Waals surface area (Å²) < 4.78 is 39.2. The van der Waals surface area contributed by atoms with Crippen LogP contribution in [0.5, 0.6) is 11.5 Å². The van der Waals surface area contributed by atoms with Crippen LogP contribution in [0.25, 0.3) is 11.0 Å². The quantitative estimate of drug-likeness (QED) is 0.360. The van der Waals surface area contributed by atoms with Gasteiger partial charge in [-0.05, 0) is 23.8 Å². The number of nitrogens with zero attached hydrogens (tertiary/aromatic N) is 2. The van der Waals surface area contributed by atoms with Gasteiger partial charge in [-0.1, -0.05) is 30.3 Å². The predicted molar refractivity (Wildman–Crippen MR) is 128 cm³/mol. The third kappa shape index (κ3) is 4.81. The number of rotatable bonds is 8. The molecule has 1 aromatic heterocycles. The van der Waals surface area contributed by atoms with Crippen molar-refractivity contribution < 1.29 is 17.9 Å². The molecule has 4 aromatic rings. The lowest BCUT2D eigenvalue weighted by molar-refractivity contribution is 0.395. The fourth-order valence-corrected chi connectivity index (χ4v) is 4.29. The van der Waals surface area contributed by atoms with Crippen molar-refractivity contribution in [2.24, 2.45) is 5.73 Å². The SMILES string of the molecule is COc1cc(Nc2nc3c(CN)cccc3nc2NS(=O)(=O)c2ccccc2)cc(OC)c1. The molecule has 0 radical (unpaired) electrons. The molecule has 0 fully saturated rings. The molecule has 0 aliphatic heterocycles. The fourth-order valence-electron chi connectivity index (χ4n) is 3.26. The number of benzene rings is 3. The molecule has 4 N–H and O–H groups in total. The Morgan fingerprint density at radius 2 is 1.58 bits per heavy atom. The maximum Gasteiger partial charge on any atom is 0.263 e. The van der Waals surface area contributed by atoms with E-state index in [1.807, 2.05) is 6.07 Å². The molecule has 9 nitrogen and oxygen atoms in total. The van der Waals surface area contributed by atoms with E-state index in [0.717, 1.165) is 5.56 Å². The van der Waals surface area contributed by atoms with E-state index in [-0.39, 0.29) is 23.1 Å². The number of fused-ring (bicyclic) bond motifs is 1. The highest BCUT2D eigenvalue weighted by atomic mass is 32.2. The Morgan fingerprint density at radius 3 is 2.21 bits per heavy atom. The van der Waals surface area contributed by atoms with E-state index in [1.54, 1.807) is 62.8 Å². The molecule has 0 saturated heterocycles. The van der Waals surface area contributed by atoms with Gasteiger partial charge < -0.3 is 20.5 Å². The number of methoxy groups -OCH3 is 2. The van der Waals surface area contributed by atoms with Crippen molar-refractivity contribution >= 4 is 38.4 Å². The summed E-state index contributed by atoms with van der Waals surface area (Å²) in [5.41, 5.74) is 8.31. The molecule has 0 saturated carbocycles. The summed E-state index contributed by atoms with van der Waals surface area (Å²) in [7, 11) is -0.819. The van der Waals surface area contributed by atoms with Gasteiger partial charge in [0.2, 0.25) is 0 Å². The summed E-state index contributed by atoms with van der Waals surface area (Å²) in [5.74, 6) is 1.36. The molecule has 0 aliphatic carbocycles. The van der Waals surface area contributed by atoms with Gasteiger partial charge in [0.1, 0.15) is 11.5 Å². The van der Waals surface area contributed by atoms with Crippen LogP contribution in [-0.2, 0) is 16.6 Å². The monoisotopic (exact) mass is 465 g/mol. The lowest BCUT2D eigenvalue weighted by Crippen LogP contribution is -2.16. The van der Waals surface area contributed by atoms with Crippen LogP contribution in [0.15, 0.2) is 71.6 Å². The van der Waals surface area contributed by atoms with Gasteiger partial charge in [-0.25, -0.2) is 18.4 Å². The third-order valence-corrected chi connectivity index (χ3v) is 6.25. The molecule has 1 heterocycles. The fraction of sp³-hybridized carbons (Fsp3) is 0.130.